The van der Waals surface area contributed by atoms with E-state index in [1.165, 1.54) is 18.4 Å². The normalized spacial score (nSPS) is 14.2. The van der Waals surface area contributed by atoms with Gasteiger partial charge in [0.15, 0.2) is 6.61 Å². The predicted molar refractivity (Wildman–Crippen MR) is 118 cm³/mol. The number of nitrogens with zero attached hydrogens (tertiary/aromatic N) is 1. The van der Waals surface area contributed by atoms with Crippen LogP contribution >= 0.6 is 15.9 Å². The molecule has 5 nitrogen and oxygen atoms in total. The highest BCUT2D eigenvalue weighted by Gasteiger charge is 2.17. The molecule has 154 valence electrons. The second-order valence-corrected chi connectivity index (χ2v) is 8.10. The SMILES string of the molecule is CCc1ccc(OCC(=O)Nc2cccc(C(=O)N3CCCCCC3)c2)c(Br)c1. The molecular formula is C23H27BrN2O3. The second-order valence-electron chi connectivity index (χ2n) is 7.24. The minimum absolute atomic E-state index is 0.0270. The van der Waals surface area contributed by atoms with Gasteiger partial charge in [-0.25, -0.2) is 0 Å². The van der Waals surface area contributed by atoms with Crippen LogP contribution in [0.25, 0.3) is 0 Å². The summed E-state index contributed by atoms with van der Waals surface area (Å²) in [6.45, 7) is 3.58. The smallest absolute Gasteiger partial charge is 0.262 e. The molecule has 3 rings (SSSR count). The Hall–Kier alpha value is -2.34. The molecule has 1 saturated heterocycles. The number of halogens is 1. The molecule has 2 aromatic carbocycles. The Kier molecular flexibility index (Phi) is 7.69. The standard InChI is InChI=1S/C23H27BrN2O3/c1-2-17-10-11-21(20(24)14-17)29-16-22(27)25-19-9-7-8-18(15-19)23(28)26-12-5-3-4-6-13-26/h7-11,14-15H,2-6,12-13,16H2,1H3,(H,25,27). The van der Waals surface area contributed by atoms with E-state index in [9.17, 15) is 9.59 Å². The summed E-state index contributed by atoms with van der Waals surface area (Å²) in [6.07, 6.45) is 5.39. The van der Waals surface area contributed by atoms with E-state index in [2.05, 4.69) is 28.2 Å². The van der Waals surface area contributed by atoms with Gasteiger partial charge in [-0.2, -0.15) is 0 Å². The molecule has 1 fully saturated rings. The van der Waals surface area contributed by atoms with Crippen LogP contribution in [0.1, 0.15) is 48.5 Å². The van der Waals surface area contributed by atoms with Gasteiger partial charge in [0.25, 0.3) is 11.8 Å². The number of benzene rings is 2. The Morgan fingerprint density at radius 1 is 1.07 bits per heavy atom. The molecule has 0 unspecified atom stereocenters. The number of aryl methyl sites for hydroxylation is 1. The molecule has 0 saturated carbocycles. The van der Waals surface area contributed by atoms with Crippen molar-refractivity contribution in [3.8, 4) is 5.75 Å². The average Bonchev–Trinajstić information content (AvgIpc) is 3.02. The van der Waals surface area contributed by atoms with Crippen LogP contribution in [0.4, 0.5) is 5.69 Å². The van der Waals surface area contributed by atoms with Crippen LogP contribution < -0.4 is 10.1 Å². The van der Waals surface area contributed by atoms with E-state index >= 15 is 0 Å². The minimum Gasteiger partial charge on any atom is -0.483 e. The zero-order valence-electron chi connectivity index (χ0n) is 16.7. The number of hydrogen-bond acceptors (Lipinski definition) is 3. The highest BCUT2D eigenvalue weighted by Crippen LogP contribution is 2.26. The molecule has 1 heterocycles. The van der Waals surface area contributed by atoms with Gasteiger partial charge in [-0.3, -0.25) is 9.59 Å². The van der Waals surface area contributed by atoms with Crippen molar-refractivity contribution in [1.82, 2.24) is 4.90 Å². The van der Waals surface area contributed by atoms with Crippen molar-refractivity contribution in [2.45, 2.75) is 39.0 Å². The van der Waals surface area contributed by atoms with E-state index in [4.69, 9.17) is 4.74 Å². The fraction of sp³-hybridized carbons (Fsp3) is 0.391. The number of anilines is 1. The Labute approximate surface area is 180 Å². The van der Waals surface area contributed by atoms with Crippen molar-refractivity contribution < 1.29 is 14.3 Å². The molecule has 1 aliphatic rings. The van der Waals surface area contributed by atoms with Gasteiger partial charge in [-0.05, 0) is 71.1 Å². The van der Waals surface area contributed by atoms with Crippen molar-refractivity contribution in [2.75, 3.05) is 25.0 Å². The van der Waals surface area contributed by atoms with E-state index in [-0.39, 0.29) is 18.4 Å². The van der Waals surface area contributed by atoms with Crippen LogP contribution in [-0.2, 0) is 11.2 Å². The molecule has 29 heavy (non-hydrogen) atoms. The van der Waals surface area contributed by atoms with Gasteiger partial charge in [0, 0.05) is 24.3 Å². The van der Waals surface area contributed by atoms with Gasteiger partial charge in [0.1, 0.15) is 5.75 Å². The number of likely N-dealkylation sites (tertiary alicyclic amines) is 1. The lowest BCUT2D eigenvalue weighted by atomic mass is 10.1. The number of rotatable bonds is 6. The number of carbonyl (C=O) groups is 2. The first kappa shape index (κ1) is 21.4. The van der Waals surface area contributed by atoms with Gasteiger partial charge in [-0.1, -0.05) is 31.9 Å². The molecule has 0 bridgehead atoms. The highest BCUT2D eigenvalue weighted by molar-refractivity contribution is 9.10. The third kappa shape index (κ3) is 6.07. The largest absolute Gasteiger partial charge is 0.483 e. The molecule has 0 spiro atoms. The summed E-state index contributed by atoms with van der Waals surface area (Å²) in [5, 5.41) is 2.81. The van der Waals surface area contributed by atoms with Crippen LogP contribution in [0, 0.1) is 0 Å². The third-order valence-electron chi connectivity index (χ3n) is 5.05. The molecule has 0 aromatic heterocycles. The zero-order valence-corrected chi connectivity index (χ0v) is 18.3. The number of nitrogens with one attached hydrogen (secondary N) is 1. The maximum atomic E-state index is 12.8. The molecule has 6 heteroatoms. The topological polar surface area (TPSA) is 58.6 Å². The van der Waals surface area contributed by atoms with Gasteiger partial charge in [0.2, 0.25) is 0 Å². The quantitative estimate of drug-likeness (QED) is 0.658. The van der Waals surface area contributed by atoms with Crippen molar-refractivity contribution in [1.29, 1.82) is 0 Å². The Morgan fingerprint density at radius 2 is 1.83 bits per heavy atom. The van der Waals surface area contributed by atoms with Gasteiger partial charge < -0.3 is 15.0 Å². The first-order chi connectivity index (χ1) is 14.1. The van der Waals surface area contributed by atoms with E-state index in [1.54, 1.807) is 24.3 Å². The van der Waals surface area contributed by atoms with Crippen molar-refractivity contribution >= 4 is 33.4 Å². The molecule has 1 aliphatic heterocycles. The maximum Gasteiger partial charge on any atom is 0.262 e. The number of amides is 2. The summed E-state index contributed by atoms with van der Waals surface area (Å²) in [6, 6.07) is 12.9. The van der Waals surface area contributed by atoms with E-state index in [0.717, 1.165) is 36.8 Å². The average molecular weight is 459 g/mol. The van der Waals surface area contributed by atoms with Crippen LogP contribution in [-0.4, -0.2) is 36.4 Å². The van der Waals surface area contributed by atoms with Crippen molar-refractivity contribution in [2.24, 2.45) is 0 Å². The van der Waals surface area contributed by atoms with Gasteiger partial charge >= 0.3 is 0 Å². The summed E-state index contributed by atoms with van der Waals surface area (Å²) < 4.78 is 6.45. The zero-order chi connectivity index (χ0) is 20.6. The molecule has 2 aromatic rings. The number of carbonyl (C=O) groups excluding carboxylic acids is 2. The van der Waals surface area contributed by atoms with Crippen molar-refractivity contribution in [3.05, 3.63) is 58.1 Å². The van der Waals surface area contributed by atoms with Crippen LogP contribution in [0.3, 0.4) is 0 Å². The van der Waals surface area contributed by atoms with Gasteiger partial charge in [-0.15, -0.1) is 0 Å². The molecular weight excluding hydrogens is 432 g/mol. The maximum absolute atomic E-state index is 12.8. The Bertz CT molecular complexity index is 861. The first-order valence-electron chi connectivity index (χ1n) is 10.2. The summed E-state index contributed by atoms with van der Waals surface area (Å²) in [5.74, 6) is 0.387. The molecule has 1 N–H and O–H groups in total. The molecule has 0 aliphatic carbocycles. The predicted octanol–water partition coefficient (Wildman–Crippen LogP) is 5.05. The van der Waals surface area contributed by atoms with Gasteiger partial charge in [0.05, 0.1) is 4.47 Å². The lowest BCUT2D eigenvalue weighted by Gasteiger charge is -2.20. The Morgan fingerprint density at radius 3 is 2.52 bits per heavy atom. The summed E-state index contributed by atoms with van der Waals surface area (Å²) in [5.41, 5.74) is 2.39. The highest BCUT2D eigenvalue weighted by atomic mass is 79.9. The van der Waals surface area contributed by atoms with E-state index < -0.39 is 0 Å². The fourth-order valence-corrected chi connectivity index (χ4v) is 3.95. The third-order valence-corrected chi connectivity index (χ3v) is 5.67. The molecule has 0 atom stereocenters. The molecule has 2 amide bonds. The van der Waals surface area contributed by atoms with Crippen LogP contribution in [0.15, 0.2) is 46.9 Å². The summed E-state index contributed by atoms with van der Waals surface area (Å²) >= 11 is 3.47. The fourth-order valence-electron chi connectivity index (χ4n) is 3.41. The van der Waals surface area contributed by atoms with Crippen LogP contribution in [0.5, 0.6) is 5.75 Å². The monoisotopic (exact) mass is 458 g/mol. The van der Waals surface area contributed by atoms with E-state index in [1.807, 2.05) is 23.1 Å². The van der Waals surface area contributed by atoms with Crippen LogP contribution in [0.2, 0.25) is 0 Å². The minimum atomic E-state index is -0.268. The summed E-state index contributed by atoms with van der Waals surface area (Å²) in [4.78, 5) is 27.0. The first-order valence-corrected chi connectivity index (χ1v) is 11.0. The Balaban J connectivity index is 1.58. The van der Waals surface area contributed by atoms with Crippen molar-refractivity contribution in [3.63, 3.8) is 0 Å². The lowest BCUT2D eigenvalue weighted by molar-refractivity contribution is -0.118. The number of hydrogen-bond donors (Lipinski definition) is 1. The second kappa shape index (κ2) is 10.4. The summed E-state index contributed by atoms with van der Waals surface area (Å²) in [7, 11) is 0. The van der Waals surface area contributed by atoms with E-state index in [0.29, 0.717) is 17.0 Å². The number of ether oxygens (including phenoxy) is 1. The lowest BCUT2D eigenvalue weighted by Crippen LogP contribution is -2.31. The molecule has 0 radical (unpaired) electrons.